The molecule has 0 bridgehead atoms. The predicted molar refractivity (Wildman–Crippen MR) is 89.5 cm³/mol. The molecule has 1 amide bonds. The molecule has 2 aromatic heterocycles. The fraction of sp³-hybridized carbons (Fsp3) is 0.611. The summed E-state index contributed by atoms with van der Waals surface area (Å²) in [6.07, 6.45) is 3.26. The van der Waals surface area contributed by atoms with E-state index in [-0.39, 0.29) is 11.9 Å². The molecule has 0 aromatic carbocycles. The third kappa shape index (κ3) is 3.09. The van der Waals surface area contributed by atoms with Crippen molar-refractivity contribution in [3.8, 4) is 0 Å². The first-order chi connectivity index (χ1) is 10.9. The molecule has 2 heterocycles. The van der Waals surface area contributed by atoms with E-state index in [1.807, 2.05) is 24.9 Å². The minimum absolute atomic E-state index is 0.0266. The number of hydrogen-bond acceptors (Lipinski definition) is 4. The number of aryl methyl sites for hydroxylation is 1. The monoisotopic (exact) mass is 315 g/mol. The number of carbonyl (C=O) groups excluding carboxylic acids is 1. The molecule has 1 atom stereocenters. The summed E-state index contributed by atoms with van der Waals surface area (Å²) < 4.78 is 5.33. The SMILES string of the molecule is Cc1noc2nc(C3CC3)cc(C(=O)N(C)C(C)CC(C)C)c12. The topological polar surface area (TPSA) is 59.2 Å². The van der Waals surface area contributed by atoms with Crippen molar-refractivity contribution in [2.75, 3.05) is 7.05 Å². The van der Waals surface area contributed by atoms with Crippen molar-refractivity contribution in [3.63, 3.8) is 0 Å². The van der Waals surface area contributed by atoms with Gasteiger partial charge in [-0.15, -0.1) is 0 Å². The van der Waals surface area contributed by atoms with E-state index in [1.54, 1.807) is 0 Å². The molecule has 3 rings (SSSR count). The fourth-order valence-corrected chi connectivity index (χ4v) is 3.10. The molecule has 5 nitrogen and oxygen atoms in total. The maximum absolute atomic E-state index is 13.1. The Hall–Kier alpha value is -1.91. The molecule has 0 N–H and O–H groups in total. The lowest BCUT2D eigenvalue weighted by molar-refractivity contribution is 0.0730. The van der Waals surface area contributed by atoms with Crippen molar-refractivity contribution in [1.29, 1.82) is 0 Å². The number of pyridine rings is 1. The van der Waals surface area contributed by atoms with Crippen LogP contribution in [0.4, 0.5) is 0 Å². The van der Waals surface area contributed by atoms with E-state index in [0.29, 0.717) is 23.1 Å². The first-order valence-electron chi connectivity index (χ1n) is 8.42. The summed E-state index contributed by atoms with van der Waals surface area (Å²) in [5.74, 6) is 1.05. The molecule has 1 fully saturated rings. The highest BCUT2D eigenvalue weighted by Crippen LogP contribution is 2.40. The van der Waals surface area contributed by atoms with Gasteiger partial charge in [-0.3, -0.25) is 4.79 Å². The van der Waals surface area contributed by atoms with Crippen LogP contribution in [0.5, 0.6) is 0 Å². The number of nitrogens with zero attached hydrogens (tertiary/aromatic N) is 3. The summed E-state index contributed by atoms with van der Waals surface area (Å²) >= 11 is 0. The summed E-state index contributed by atoms with van der Waals surface area (Å²) in [6.45, 7) is 8.31. The summed E-state index contributed by atoms with van der Waals surface area (Å²) in [5.41, 5.74) is 2.85. The van der Waals surface area contributed by atoms with Gasteiger partial charge < -0.3 is 9.42 Å². The predicted octanol–water partition coefficient (Wildman–Crippen LogP) is 3.92. The van der Waals surface area contributed by atoms with Gasteiger partial charge >= 0.3 is 0 Å². The zero-order chi connectivity index (χ0) is 16.7. The highest BCUT2D eigenvalue weighted by molar-refractivity contribution is 6.06. The zero-order valence-corrected chi connectivity index (χ0v) is 14.6. The molecular formula is C18H25N3O2. The van der Waals surface area contributed by atoms with Gasteiger partial charge in [-0.1, -0.05) is 19.0 Å². The summed E-state index contributed by atoms with van der Waals surface area (Å²) in [7, 11) is 1.88. The molecule has 1 aliphatic rings. The number of aromatic nitrogens is 2. The number of fused-ring (bicyclic) bond motifs is 1. The maximum atomic E-state index is 13.1. The Bertz CT molecular complexity index is 731. The second-order valence-electron chi connectivity index (χ2n) is 7.21. The molecule has 124 valence electrons. The normalized spacial score (nSPS) is 16.1. The Balaban J connectivity index is 2.00. The molecule has 1 aliphatic carbocycles. The molecule has 23 heavy (non-hydrogen) atoms. The fourth-order valence-electron chi connectivity index (χ4n) is 3.10. The maximum Gasteiger partial charge on any atom is 0.259 e. The van der Waals surface area contributed by atoms with Gasteiger partial charge in [0.15, 0.2) is 0 Å². The lowest BCUT2D eigenvalue weighted by Crippen LogP contribution is -2.36. The molecule has 0 radical (unpaired) electrons. The van der Waals surface area contributed by atoms with Gasteiger partial charge in [0.05, 0.1) is 16.6 Å². The second-order valence-corrected chi connectivity index (χ2v) is 7.21. The molecule has 0 aliphatic heterocycles. The number of rotatable bonds is 5. The second kappa shape index (κ2) is 5.95. The van der Waals surface area contributed by atoms with Crippen molar-refractivity contribution in [1.82, 2.24) is 15.0 Å². The van der Waals surface area contributed by atoms with Crippen LogP contribution in [0.15, 0.2) is 10.6 Å². The van der Waals surface area contributed by atoms with Crippen LogP contribution < -0.4 is 0 Å². The van der Waals surface area contributed by atoms with Gasteiger partial charge in [0, 0.05) is 24.7 Å². The first-order valence-corrected chi connectivity index (χ1v) is 8.42. The largest absolute Gasteiger partial charge is 0.339 e. The van der Waals surface area contributed by atoms with Gasteiger partial charge in [0.2, 0.25) is 0 Å². The Morgan fingerprint density at radius 1 is 1.39 bits per heavy atom. The van der Waals surface area contributed by atoms with Crippen LogP contribution in [-0.2, 0) is 0 Å². The molecule has 0 spiro atoms. The van der Waals surface area contributed by atoms with Gasteiger partial charge in [0.1, 0.15) is 0 Å². The molecule has 5 heteroatoms. The Labute approximate surface area is 137 Å². The lowest BCUT2D eigenvalue weighted by atomic mass is 10.0. The molecule has 1 saturated carbocycles. The van der Waals surface area contributed by atoms with E-state index in [9.17, 15) is 4.79 Å². The van der Waals surface area contributed by atoms with E-state index in [0.717, 1.165) is 36.0 Å². The third-order valence-electron chi connectivity index (χ3n) is 4.66. The minimum Gasteiger partial charge on any atom is -0.339 e. The van der Waals surface area contributed by atoms with E-state index in [2.05, 4.69) is 30.9 Å². The van der Waals surface area contributed by atoms with Crippen LogP contribution in [0.25, 0.3) is 11.1 Å². The quantitative estimate of drug-likeness (QED) is 0.839. The van der Waals surface area contributed by atoms with Crippen LogP contribution in [0, 0.1) is 12.8 Å². The van der Waals surface area contributed by atoms with E-state index in [4.69, 9.17) is 4.52 Å². The van der Waals surface area contributed by atoms with Gasteiger partial charge in [-0.2, -0.15) is 0 Å². The standard InChI is InChI=1S/C18H25N3O2/c1-10(2)8-11(3)21(5)18(22)14-9-15(13-6-7-13)19-17-16(14)12(4)20-23-17/h9-11,13H,6-8H2,1-5H3. The smallest absolute Gasteiger partial charge is 0.259 e. The summed E-state index contributed by atoms with van der Waals surface area (Å²) in [6, 6.07) is 2.14. The van der Waals surface area contributed by atoms with Crippen LogP contribution in [-0.4, -0.2) is 34.0 Å². The third-order valence-corrected chi connectivity index (χ3v) is 4.66. The van der Waals surface area contributed by atoms with Crippen molar-refractivity contribution in [2.24, 2.45) is 5.92 Å². The van der Waals surface area contributed by atoms with E-state index in [1.165, 1.54) is 0 Å². The molecule has 0 saturated heterocycles. The van der Waals surface area contributed by atoms with Crippen molar-refractivity contribution in [2.45, 2.75) is 58.9 Å². The number of amides is 1. The first kappa shape index (κ1) is 16.0. The van der Waals surface area contributed by atoms with E-state index >= 15 is 0 Å². The Kier molecular flexibility index (Phi) is 4.13. The summed E-state index contributed by atoms with van der Waals surface area (Å²) in [4.78, 5) is 19.4. The van der Waals surface area contributed by atoms with Gasteiger partial charge in [-0.05, 0) is 45.1 Å². The number of carbonyl (C=O) groups is 1. The van der Waals surface area contributed by atoms with Crippen LogP contribution in [0.1, 0.15) is 67.7 Å². The Morgan fingerprint density at radius 2 is 2.09 bits per heavy atom. The van der Waals surface area contributed by atoms with Crippen LogP contribution in [0.3, 0.4) is 0 Å². The highest BCUT2D eigenvalue weighted by Gasteiger charge is 2.30. The van der Waals surface area contributed by atoms with Crippen LogP contribution >= 0.6 is 0 Å². The highest BCUT2D eigenvalue weighted by atomic mass is 16.5. The average molecular weight is 315 g/mol. The van der Waals surface area contributed by atoms with Crippen molar-refractivity contribution < 1.29 is 9.32 Å². The zero-order valence-electron chi connectivity index (χ0n) is 14.6. The van der Waals surface area contributed by atoms with Gasteiger partial charge in [-0.25, -0.2) is 4.98 Å². The molecular weight excluding hydrogens is 290 g/mol. The van der Waals surface area contributed by atoms with Crippen molar-refractivity contribution >= 4 is 17.0 Å². The Morgan fingerprint density at radius 3 is 2.70 bits per heavy atom. The average Bonchev–Trinajstić information content (AvgIpc) is 3.29. The lowest BCUT2D eigenvalue weighted by Gasteiger charge is -2.26. The van der Waals surface area contributed by atoms with Crippen molar-refractivity contribution in [3.05, 3.63) is 23.0 Å². The molecule has 1 unspecified atom stereocenters. The molecule has 2 aromatic rings. The number of hydrogen-bond donors (Lipinski definition) is 0. The van der Waals surface area contributed by atoms with Gasteiger partial charge in [0.25, 0.3) is 11.6 Å². The summed E-state index contributed by atoms with van der Waals surface area (Å²) in [5, 5.41) is 4.76. The minimum atomic E-state index is 0.0266. The van der Waals surface area contributed by atoms with E-state index < -0.39 is 0 Å². The van der Waals surface area contributed by atoms with Crippen LogP contribution in [0.2, 0.25) is 0 Å².